The van der Waals surface area contributed by atoms with Crippen LogP contribution >= 0.6 is 11.3 Å². The number of carbonyl (C=O) groups is 3. The number of nitrogens with one attached hydrogen (secondary N) is 3. The number of anilines is 2. The molecule has 27 heavy (non-hydrogen) atoms. The summed E-state index contributed by atoms with van der Waals surface area (Å²) in [5.41, 5.74) is 1.23. The molecule has 142 valence electrons. The highest BCUT2D eigenvalue weighted by atomic mass is 32.1. The molecule has 9 heteroatoms. The molecule has 0 bridgehead atoms. The summed E-state index contributed by atoms with van der Waals surface area (Å²) in [5.74, 6) is 0.126. The normalized spacial score (nSPS) is 15.9. The van der Waals surface area contributed by atoms with Crippen LogP contribution in [0, 0.1) is 0 Å². The van der Waals surface area contributed by atoms with Crippen molar-refractivity contribution in [3.63, 3.8) is 0 Å². The Morgan fingerprint density at radius 1 is 1.30 bits per heavy atom. The predicted octanol–water partition coefficient (Wildman–Crippen LogP) is 1.94. The van der Waals surface area contributed by atoms with Gasteiger partial charge < -0.3 is 20.7 Å². The molecule has 0 saturated carbocycles. The summed E-state index contributed by atoms with van der Waals surface area (Å²) in [7, 11) is 0. The molecule has 1 aromatic carbocycles. The van der Waals surface area contributed by atoms with E-state index in [0.29, 0.717) is 36.0 Å². The van der Waals surface area contributed by atoms with Gasteiger partial charge in [-0.25, -0.2) is 4.98 Å². The lowest BCUT2D eigenvalue weighted by Crippen LogP contribution is -2.37. The van der Waals surface area contributed by atoms with Crippen molar-refractivity contribution in [3.8, 4) is 5.75 Å². The van der Waals surface area contributed by atoms with Gasteiger partial charge in [-0.1, -0.05) is 0 Å². The molecule has 3 N–H and O–H groups in total. The Labute approximate surface area is 160 Å². The number of nitrogens with zero attached hydrogens (tertiary/aromatic N) is 1. The maximum atomic E-state index is 12.2. The molecule has 3 amide bonds. The lowest BCUT2D eigenvalue weighted by atomic mass is 10.2. The van der Waals surface area contributed by atoms with Crippen molar-refractivity contribution in [3.05, 3.63) is 35.3 Å². The van der Waals surface area contributed by atoms with Gasteiger partial charge in [-0.2, -0.15) is 0 Å². The molecule has 1 atom stereocenters. The summed E-state index contributed by atoms with van der Waals surface area (Å²) in [5, 5.41) is 10.2. The fourth-order valence-corrected chi connectivity index (χ4v) is 3.33. The zero-order chi connectivity index (χ0) is 19.2. The number of benzene rings is 1. The number of rotatable bonds is 7. The maximum absolute atomic E-state index is 12.2. The molecule has 0 spiro atoms. The average molecular weight is 388 g/mol. The fraction of sp³-hybridized carbons (Fsp3) is 0.333. The second kappa shape index (κ2) is 8.63. The van der Waals surface area contributed by atoms with Crippen molar-refractivity contribution in [1.82, 2.24) is 10.3 Å². The van der Waals surface area contributed by atoms with Gasteiger partial charge in [0.1, 0.15) is 11.8 Å². The van der Waals surface area contributed by atoms with E-state index >= 15 is 0 Å². The van der Waals surface area contributed by atoms with Crippen molar-refractivity contribution in [1.29, 1.82) is 0 Å². The van der Waals surface area contributed by atoms with E-state index in [1.807, 2.05) is 6.92 Å². The summed E-state index contributed by atoms with van der Waals surface area (Å²) in [6, 6.07) is 6.60. The lowest BCUT2D eigenvalue weighted by Gasteiger charge is -2.08. The standard InChI is InChI=1S/C18H20N4O4S/c1-2-26-13-5-3-11(4-6-13)19-16(24)9-12-10-27-18(20-12)22-17(25)14-7-8-15(23)21-14/h3-6,10,14H,2,7-9H2,1H3,(H,19,24)(H,21,23)(H,20,22,25). The Morgan fingerprint density at radius 3 is 2.74 bits per heavy atom. The minimum Gasteiger partial charge on any atom is -0.494 e. The van der Waals surface area contributed by atoms with Gasteiger partial charge in [0, 0.05) is 17.5 Å². The number of ether oxygens (including phenoxy) is 1. The van der Waals surface area contributed by atoms with Crippen LogP contribution in [0.3, 0.4) is 0 Å². The Balaban J connectivity index is 1.50. The van der Waals surface area contributed by atoms with Gasteiger partial charge in [0.05, 0.1) is 18.7 Å². The summed E-state index contributed by atoms with van der Waals surface area (Å²) in [6.45, 7) is 2.49. The molecule has 2 aromatic rings. The number of amides is 3. The van der Waals surface area contributed by atoms with E-state index in [4.69, 9.17) is 4.74 Å². The van der Waals surface area contributed by atoms with Crippen LogP contribution in [0.25, 0.3) is 0 Å². The molecule has 2 heterocycles. The first-order valence-electron chi connectivity index (χ1n) is 8.61. The van der Waals surface area contributed by atoms with Crippen LogP contribution in [0.1, 0.15) is 25.5 Å². The highest BCUT2D eigenvalue weighted by Gasteiger charge is 2.27. The van der Waals surface area contributed by atoms with E-state index in [1.54, 1.807) is 29.6 Å². The molecule has 3 rings (SSSR count). The van der Waals surface area contributed by atoms with Crippen LogP contribution in [0.15, 0.2) is 29.6 Å². The number of thiazole rings is 1. The molecule has 1 aliphatic rings. The zero-order valence-electron chi connectivity index (χ0n) is 14.8. The SMILES string of the molecule is CCOc1ccc(NC(=O)Cc2csc(NC(=O)C3CCC(=O)N3)n2)cc1. The van der Waals surface area contributed by atoms with Crippen LogP contribution in [-0.4, -0.2) is 35.4 Å². The van der Waals surface area contributed by atoms with Crippen LogP contribution in [0.4, 0.5) is 10.8 Å². The monoisotopic (exact) mass is 388 g/mol. The molecular weight excluding hydrogens is 368 g/mol. The Bertz CT molecular complexity index is 834. The lowest BCUT2D eigenvalue weighted by molar-refractivity contribution is -0.122. The molecule has 1 aliphatic heterocycles. The topological polar surface area (TPSA) is 109 Å². The van der Waals surface area contributed by atoms with Crippen molar-refractivity contribution >= 4 is 39.9 Å². The third kappa shape index (κ3) is 5.27. The minimum absolute atomic E-state index is 0.0970. The molecule has 0 radical (unpaired) electrons. The van der Waals surface area contributed by atoms with Gasteiger partial charge in [0.2, 0.25) is 17.7 Å². The maximum Gasteiger partial charge on any atom is 0.248 e. The van der Waals surface area contributed by atoms with E-state index in [1.165, 1.54) is 11.3 Å². The van der Waals surface area contributed by atoms with Crippen molar-refractivity contribution < 1.29 is 19.1 Å². The smallest absolute Gasteiger partial charge is 0.248 e. The Kier molecular flexibility index (Phi) is 6.02. The summed E-state index contributed by atoms with van der Waals surface area (Å²) < 4.78 is 5.36. The van der Waals surface area contributed by atoms with Gasteiger partial charge >= 0.3 is 0 Å². The molecule has 1 aromatic heterocycles. The number of carbonyl (C=O) groups excluding carboxylic acids is 3. The highest BCUT2D eigenvalue weighted by molar-refractivity contribution is 7.13. The molecule has 1 saturated heterocycles. The third-order valence-electron chi connectivity index (χ3n) is 3.88. The quantitative estimate of drug-likeness (QED) is 0.672. The number of hydrogen-bond acceptors (Lipinski definition) is 6. The van der Waals surface area contributed by atoms with Crippen molar-refractivity contribution in [2.24, 2.45) is 0 Å². The Morgan fingerprint density at radius 2 is 2.07 bits per heavy atom. The average Bonchev–Trinajstić information content (AvgIpc) is 3.26. The predicted molar refractivity (Wildman–Crippen MR) is 102 cm³/mol. The van der Waals surface area contributed by atoms with E-state index < -0.39 is 6.04 Å². The van der Waals surface area contributed by atoms with Gasteiger partial charge in [-0.15, -0.1) is 11.3 Å². The van der Waals surface area contributed by atoms with Gasteiger partial charge in [-0.3, -0.25) is 14.4 Å². The number of hydrogen-bond donors (Lipinski definition) is 3. The van der Waals surface area contributed by atoms with Crippen LogP contribution in [0.5, 0.6) is 5.75 Å². The van der Waals surface area contributed by atoms with Crippen molar-refractivity contribution in [2.45, 2.75) is 32.2 Å². The summed E-state index contributed by atoms with van der Waals surface area (Å²) >= 11 is 1.24. The molecule has 1 fully saturated rings. The minimum atomic E-state index is -0.521. The highest BCUT2D eigenvalue weighted by Crippen LogP contribution is 2.19. The summed E-state index contributed by atoms with van der Waals surface area (Å²) in [6.07, 6.45) is 0.931. The fourth-order valence-electron chi connectivity index (χ4n) is 2.62. The van der Waals surface area contributed by atoms with Gasteiger partial charge in [-0.05, 0) is 37.6 Å². The van der Waals surface area contributed by atoms with E-state index in [2.05, 4.69) is 20.9 Å². The van der Waals surface area contributed by atoms with Gasteiger partial charge in [0.15, 0.2) is 5.13 Å². The second-order valence-corrected chi connectivity index (χ2v) is 6.83. The van der Waals surface area contributed by atoms with Crippen LogP contribution in [0.2, 0.25) is 0 Å². The third-order valence-corrected chi connectivity index (χ3v) is 4.69. The molecular formula is C18H20N4O4S. The van der Waals surface area contributed by atoms with E-state index in [0.717, 1.165) is 5.75 Å². The zero-order valence-corrected chi connectivity index (χ0v) is 15.6. The first-order chi connectivity index (χ1) is 13.0. The van der Waals surface area contributed by atoms with Crippen molar-refractivity contribution in [2.75, 3.05) is 17.2 Å². The second-order valence-electron chi connectivity index (χ2n) is 5.97. The largest absolute Gasteiger partial charge is 0.494 e. The van der Waals surface area contributed by atoms with E-state index in [9.17, 15) is 14.4 Å². The molecule has 8 nitrogen and oxygen atoms in total. The van der Waals surface area contributed by atoms with Crippen LogP contribution in [-0.2, 0) is 20.8 Å². The molecule has 0 aliphatic carbocycles. The van der Waals surface area contributed by atoms with E-state index in [-0.39, 0.29) is 24.1 Å². The van der Waals surface area contributed by atoms with Crippen LogP contribution < -0.4 is 20.7 Å². The first-order valence-corrected chi connectivity index (χ1v) is 9.49. The molecule has 1 unspecified atom stereocenters. The van der Waals surface area contributed by atoms with Gasteiger partial charge in [0.25, 0.3) is 0 Å². The first kappa shape index (κ1) is 18.8. The number of aromatic nitrogens is 1. The summed E-state index contributed by atoms with van der Waals surface area (Å²) in [4.78, 5) is 39.7. The Hall–Kier alpha value is -2.94.